The van der Waals surface area contributed by atoms with E-state index in [0.29, 0.717) is 20.8 Å². The first-order valence-corrected chi connectivity index (χ1v) is 9.53. The predicted molar refractivity (Wildman–Crippen MR) is 100 cm³/mol. The van der Waals surface area contributed by atoms with Crippen LogP contribution < -0.4 is 0 Å². The number of benzene rings is 1. The van der Waals surface area contributed by atoms with Crippen molar-refractivity contribution < 1.29 is 18.0 Å². The number of rotatable bonds is 7. The zero-order valence-corrected chi connectivity index (χ0v) is 17.1. The molecule has 1 N–H and O–H groups in total. The van der Waals surface area contributed by atoms with Gasteiger partial charge in [-0.25, -0.2) is 4.98 Å². The monoisotopic (exact) mass is 439 g/mol. The van der Waals surface area contributed by atoms with Crippen molar-refractivity contribution >= 4 is 40.7 Å². The number of likely N-dealkylation sites (N-methyl/N-ethyl adjacent to an activating group) is 1. The molecule has 1 heterocycles. The van der Waals surface area contributed by atoms with Gasteiger partial charge in [-0.15, -0.1) is 0 Å². The van der Waals surface area contributed by atoms with E-state index < -0.39 is 23.9 Å². The molecule has 1 unspecified atom stereocenters. The molecule has 0 bridgehead atoms. The zero-order chi connectivity index (χ0) is 20.4. The van der Waals surface area contributed by atoms with Gasteiger partial charge in [0.1, 0.15) is 5.03 Å². The van der Waals surface area contributed by atoms with Crippen molar-refractivity contribution in [3.05, 3.63) is 40.3 Å². The molecule has 0 aliphatic carbocycles. The van der Waals surface area contributed by atoms with Gasteiger partial charge < -0.3 is 4.98 Å². The first-order chi connectivity index (χ1) is 12.5. The summed E-state index contributed by atoms with van der Waals surface area (Å²) in [6.07, 6.45) is -3.43. The van der Waals surface area contributed by atoms with Crippen molar-refractivity contribution in [2.45, 2.75) is 42.5 Å². The van der Waals surface area contributed by atoms with Crippen molar-refractivity contribution in [1.82, 2.24) is 14.9 Å². The normalized spacial score (nSPS) is 13.4. The largest absolute Gasteiger partial charge is 0.451 e. The van der Waals surface area contributed by atoms with Gasteiger partial charge in [0, 0.05) is 21.5 Å². The maximum atomic E-state index is 12.9. The Labute approximate surface area is 169 Å². The van der Waals surface area contributed by atoms with E-state index in [2.05, 4.69) is 9.97 Å². The Morgan fingerprint density at radius 1 is 1.26 bits per heavy atom. The van der Waals surface area contributed by atoms with Crippen LogP contribution in [0.3, 0.4) is 0 Å². The minimum absolute atomic E-state index is 0.0985. The SMILES string of the molecule is CC(C)C(C(=O)C(F)(F)F)N(C)Cc1[nH]cnc1Sc1cc(Cl)cc(Cl)c1. The average molecular weight is 440 g/mol. The topological polar surface area (TPSA) is 49.0 Å². The lowest BCUT2D eigenvalue weighted by atomic mass is 9.98. The van der Waals surface area contributed by atoms with E-state index in [1.54, 1.807) is 32.0 Å². The molecule has 0 saturated carbocycles. The maximum absolute atomic E-state index is 12.9. The molecule has 2 rings (SSSR count). The van der Waals surface area contributed by atoms with Crippen molar-refractivity contribution in [3.63, 3.8) is 0 Å². The van der Waals surface area contributed by atoms with Gasteiger partial charge >= 0.3 is 6.18 Å². The molecule has 0 aliphatic rings. The summed E-state index contributed by atoms with van der Waals surface area (Å²) < 4.78 is 38.7. The molecule has 0 radical (unpaired) electrons. The number of aromatic nitrogens is 2. The van der Waals surface area contributed by atoms with Crippen LogP contribution in [0.2, 0.25) is 10.0 Å². The first kappa shape index (κ1) is 22.1. The molecule has 10 heteroatoms. The number of imidazole rings is 1. The van der Waals surface area contributed by atoms with Crippen LogP contribution >= 0.6 is 35.0 Å². The summed E-state index contributed by atoms with van der Waals surface area (Å²) in [4.78, 5) is 21.1. The highest BCUT2D eigenvalue weighted by atomic mass is 35.5. The van der Waals surface area contributed by atoms with Crippen molar-refractivity contribution in [2.75, 3.05) is 7.05 Å². The molecule has 2 aromatic rings. The lowest BCUT2D eigenvalue weighted by molar-refractivity contribution is -0.178. The molecule has 1 aromatic heterocycles. The second-order valence-electron chi connectivity index (χ2n) is 6.36. The number of ketones is 1. The third kappa shape index (κ3) is 5.88. The summed E-state index contributed by atoms with van der Waals surface area (Å²) in [6, 6.07) is 3.74. The summed E-state index contributed by atoms with van der Waals surface area (Å²) in [5, 5.41) is 1.51. The molecule has 1 aromatic carbocycles. The lowest BCUT2D eigenvalue weighted by Crippen LogP contribution is -2.48. The molecule has 0 aliphatic heterocycles. The number of nitrogens with zero attached hydrogens (tertiary/aromatic N) is 2. The zero-order valence-electron chi connectivity index (χ0n) is 14.8. The minimum atomic E-state index is -4.88. The standard InChI is InChI=1S/C17H18Cl2F3N3OS/c1-9(2)14(15(26)17(20,21)22)25(3)7-13-16(24-8-23-13)27-12-5-10(18)4-11(19)6-12/h4-6,8-9,14H,7H2,1-3H3,(H,23,24). The molecule has 4 nitrogen and oxygen atoms in total. The van der Waals surface area contributed by atoms with Crippen LogP contribution in [0.15, 0.2) is 34.4 Å². The van der Waals surface area contributed by atoms with Crippen LogP contribution in [-0.4, -0.2) is 39.9 Å². The fourth-order valence-electron chi connectivity index (χ4n) is 2.74. The second-order valence-corrected chi connectivity index (χ2v) is 8.29. The fourth-order valence-corrected chi connectivity index (χ4v) is 4.34. The van der Waals surface area contributed by atoms with Crippen LogP contribution in [-0.2, 0) is 11.3 Å². The number of carbonyl (C=O) groups is 1. The number of Topliss-reactive ketones (excluding diaryl/α,β-unsaturated/α-hetero) is 1. The first-order valence-electron chi connectivity index (χ1n) is 7.96. The van der Waals surface area contributed by atoms with Gasteiger partial charge in [-0.1, -0.05) is 48.8 Å². The van der Waals surface area contributed by atoms with E-state index in [1.165, 1.54) is 30.0 Å². The fraction of sp³-hybridized carbons (Fsp3) is 0.412. The van der Waals surface area contributed by atoms with E-state index in [-0.39, 0.29) is 6.54 Å². The number of halogens is 5. The van der Waals surface area contributed by atoms with Crippen LogP contribution in [0, 0.1) is 5.92 Å². The smallest absolute Gasteiger partial charge is 0.346 e. The quantitative estimate of drug-likeness (QED) is 0.622. The van der Waals surface area contributed by atoms with E-state index in [1.807, 2.05) is 0 Å². The molecular weight excluding hydrogens is 422 g/mol. The number of nitrogens with one attached hydrogen (secondary N) is 1. The second kappa shape index (κ2) is 8.86. The molecule has 148 valence electrons. The van der Waals surface area contributed by atoms with E-state index in [4.69, 9.17) is 23.2 Å². The molecule has 1 atom stereocenters. The molecule has 0 fully saturated rings. The Morgan fingerprint density at radius 3 is 2.37 bits per heavy atom. The Bertz CT molecular complexity index is 791. The highest BCUT2D eigenvalue weighted by Crippen LogP contribution is 2.33. The van der Waals surface area contributed by atoms with Crippen LogP contribution in [0.1, 0.15) is 19.5 Å². The molecule has 0 amide bonds. The maximum Gasteiger partial charge on any atom is 0.451 e. The van der Waals surface area contributed by atoms with Crippen LogP contribution in [0.25, 0.3) is 0 Å². The third-order valence-electron chi connectivity index (χ3n) is 3.79. The van der Waals surface area contributed by atoms with Gasteiger partial charge in [0.15, 0.2) is 0 Å². The van der Waals surface area contributed by atoms with Gasteiger partial charge in [0.25, 0.3) is 5.78 Å². The average Bonchev–Trinajstić information content (AvgIpc) is 2.91. The Balaban J connectivity index is 2.20. The third-order valence-corrected chi connectivity index (χ3v) is 5.24. The van der Waals surface area contributed by atoms with Gasteiger partial charge in [0.05, 0.1) is 18.1 Å². The number of alkyl halides is 3. The van der Waals surface area contributed by atoms with Gasteiger partial charge in [-0.05, 0) is 31.2 Å². The van der Waals surface area contributed by atoms with Crippen LogP contribution in [0.4, 0.5) is 13.2 Å². The number of hydrogen-bond acceptors (Lipinski definition) is 4. The van der Waals surface area contributed by atoms with Crippen molar-refractivity contribution in [2.24, 2.45) is 5.92 Å². The summed E-state index contributed by atoms with van der Waals surface area (Å²) in [5.41, 5.74) is 0.597. The molecule has 27 heavy (non-hydrogen) atoms. The number of carbonyl (C=O) groups excluding carboxylic acids is 1. The molecular formula is C17H18Cl2F3N3OS. The van der Waals surface area contributed by atoms with Crippen molar-refractivity contribution in [3.8, 4) is 0 Å². The summed E-state index contributed by atoms with van der Waals surface area (Å²) >= 11 is 13.3. The highest BCUT2D eigenvalue weighted by Gasteiger charge is 2.45. The summed E-state index contributed by atoms with van der Waals surface area (Å²) in [7, 11) is 1.49. The van der Waals surface area contributed by atoms with Crippen molar-refractivity contribution in [1.29, 1.82) is 0 Å². The highest BCUT2D eigenvalue weighted by molar-refractivity contribution is 7.99. The summed E-state index contributed by atoms with van der Waals surface area (Å²) in [5.74, 6) is -2.26. The van der Waals surface area contributed by atoms with Crippen LogP contribution in [0.5, 0.6) is 0 Å². The van der Waals surface area contributed by atoms with E-state index in [9.17, 15) is 18.0 Å². The number of aromatic amines is 1. The van der Waals surface area contributed by atoms with E-state index in [0.717, 1.165) is 4.90 Å². The van der Waals surface area contributed by atoms with Gasteiger partial charge in [-0.2, -0.15) is 13.2 Å². The minimum Gasteiger partial charge on any atom is -0.346 e. The number of hydrogen-bond donors (Lipinski definition) is 1. The predicted octanol–water partition coefficient (Wildman–Crippen LogP) is 5.46. The van der Waals surface area contributed by atoms with E-state index >= 15 is 0 Å². The van der Waals surface area contributed by atoms with Gasteiger partial charge in [0.2, 0.25) is 0 Å². The summed E-state index contributed by atoms with van der Waals surface area (Å²) in [6.45, 7) is 3.27. The Kier molecular flexibility index (Phi) is 7.24. The molecule has 0 saturated heterocycles. The molecule has 0 spiro atoms. The Hall–Kier alpha value is -1.22. The lowest BCUT2D eigenvalue weighted by Gasteiger charge is -2.30. The Morgan fingerprint density at radius 2 is 1.85 bits per heavy atom. The van der Waals surface area contributed by atoms with Gasteiger partial charge in [-0.3, -0.25) is 9.69 Å². The number of H-pyrrole nitrogens is 1.